The number of rotatable bonds is 10. The summed E-state index contributed by atoms with van der Waals surface area (Å²) < 4.78 is 2.72. The van der Waals surface area contributed by atoms with E-state index in [-0.39, 0.29) is 12.3 Å². The first kappa shape index (κ1) is 25.9. The van der Waals surface area contributed by atoms with E-state index in [4.69, 9.17) is 0 Å². The summed E-state index contributed by atoms with van der Waals surface area (Å²) >= 11 is 3.49. The van der Waals surface area contributed by atoms with E-state index in [1.54, 1.807) is 4.90 Å². The van der Waals surface area contributed by atoms with Crippen LogP contribution in [0, 0.1) is 5.41 Å². The maximum atomic E-state index is 13.7. The molecule has 3 aromatic rings. The molecule has 8 nitrogen and oxygen atoms in total. The number of hydrogen-bond donors (Lipinski definition) is 1. The smallest absolute Gasteiger partial charge is 0.310 e. The molecule has 0 spiro atoms. The van der Waals surface area contributed by atoms with Crippen LogP contribution >= 0.6 is 15.9 Å². The quantitative estimate of drug-likeness (QED) is 0.326. The van der Waals surface area contributed by atoms with Crippen molar-refractivity contribution in [2.75, 3.05) is 22.9 Å². The molecule has 0 bridgehead atoms. The molecule has 1 fully saturated rings. The van der Waals surface area contributed by atoms with Crippen molar-refractivity contribution in [3.8, 4) is 0 Å². The predicted molar refractivity (Wildman–Crippen MR) is 143 cm³/mol. The number of aliphatic carboxylic acids is 1. The van der Waals surface area contributed by atoms with Crippen molar-refractivity contribution in [1.82, 2.24) is 14.8 Å². The van der Waals surface area contributed by atoms with E-state index >= 15 is 0 Å². The molecule has 0 atom stereocenters. The van der Waals surface area contributed by atoms with Crippen molar-refractivity contribution in [2.45, 2.75) is 52.0 Å². The van der Waals surface area contributed by atoms with Crippen molar-refractivity contribution in [1.29, 1.82) is 0 Å². The summed E-state index contributed by atoms with van der Waals surface area (Å²) in [6, 6.07) is 18.7. The largest absolute Gasteiger partial charge is 0.481 e. The molecule has 2 heterocycles. The van der Waals surface area contributed by atoms with Crippen LogP contribution in [0.4, 0.5) is 17.3 Å². The van der Waals surface area contributed by atoms with Gasteiger partial charge in [-0.05, 0) is 59.5 Å². The average molecular weight is 554 g/mol. The number of carbonyl (C=O) groups excluding carboxylic acids is 1. The maximum Gasteiger partial charge on any atom is 0.310 e. The topological polar surface area (TPSA) is 91.6 Å². The Hall–Kier alpha value is -3.20. The van der Waals surface area contributed by atoms with Crippen LogP contribution in [0.15, 0.2) is 65.4 Å². The molecule has 9 heteroatoms. The van der Waals surface area contributed by atoms with E-state index in [1.807, 2.05) is 65.2 Å². The zero-order chi connectivity index (χ0) is 25.5. The fourth-order valence-corrected chi connectivity index (χ4v) is 5.20. The molecule has 0 unspecified atom stereocenters. The minimum Gasteiger partial charge on any atom is -0.481 e. The molecule has 0 saturated carbocycles. The van der Waals surface area contributed by atoms with Gasteiger partial charge in [-0.1, -0.05) is 56.2 Å². The molecule has 1 saturated heterocycles. The molecule has 2 aromatic carbocycles. The number of hydrogen-bond acceptors (Lipinski definition) is 5. The highest BCUT2D eigenvalue weighted by Gasteiger charge is 2.45. The van der Waals surface area contributed by atoms with E-state index in [2.05, 4.69) is 38.0 Å². The Labute approximate surface area is 220 Å². The lowest BCUT2D eigenvalue weighted by Crippen LogP contribution is -2.47. The summed E-state index contributed by atoms with van der Waals surface area (Å²) in [5, 5.41) is 18.8. The normalized spacial score (nSPS) is 15.0. The number of carbonyl (C=O) groups is 2. The maximum absolute atomic E-state index is 13.7. The monoisotopic (exact) mass is 553 g/mol. The zero-order valence-electron chi connectivity index (χ0n) is 20.5. The first-order valence-corrected chi connectivity index (χ1v) is 13.2. The molecule has 1 amide bonds. The summed E-state index contributed by atoms with van der Waals surface area (Å²) in [7, 11) is 0. The van der Waals surface area contributed by atoms with Gasteiger partial charge in [0.2, 0.25) is 16.6 Å². The van der Waals surface area contributed by atoms with Gasteiger partial charge < -0.3 is 10.0 Å². The van der Waals surface area contributed by atoms with Gasteiger partial charge in [0.15, 0.2) is 0 Å². The van der Waals surface area contributed by atoms with Crippen LogP contribution < -0.4 is 9.80 Å². The lowest BCUT2D eigenvalue weighted by Gasteiger charge is -2.39. The number of anilines is 3. The minimum absolute atomic E-state index is 0.0765. The van der Waals surface area contributed by atoms with Gasteiger partial charge in [-0.25, -0.2) is 0 Å². The van der Waals surface area contributed by atoms with E-state index in [0.717, 1.165) is 43.1 Å². The van der Waals surface area contributed by atoms with E-state index in [1.165, 1.54) is 0 Å². The number of benzene rings is 2. The van der Waals surface area contributed by atoms with Crippen LogP contribution in [0.25, 0.3) is 0 Å². The number of aromatic nitrogens is 3. The molecular weight excluding hydrogens is 522 g/mol. The minimum atomic E-state index is -1.14. The third-order valence-corrected chi connectivity index (χ3v) is 7.48. The lowest BCUT2D eigenvalue weighted by atomic mass is 9.75. The van der Waals surface area contributed by atoms with Gasteiger partial charge >= 0.3 is 5.97 Å². The van der Waals surface area contributed by atoms with E-state index < -0.39 is 11.4 Å². The van der Waals surface area contributed by atoms with Gasteiger partial charge in [-0.2, -0.15) is 0 Å². The summed E-state index contributed by atoms with van der Waals surface area (Å²) in [4.78, 5) is 30.0. The number of halogens is 1. The highest BCUT2D eigenvalue weighted by atomic mass is 79.9. The Morgan fingerprint density at radius 3 is 2.08 bits per heavy atom. The van der Waals surface area contributed by atoms with Crippen LogP contribution in [0.3, 0.4) is 0 Å². The summed E-state index contributed by atoms with van der Waals surface area (Å²) in [6.07, 6.45) is 3.89. The first-order chi connectivity index (χ1) is 17.4. The van der Waals surface area contributed by atoms with Crippen LogP contribution in [0.1, 0.15) is 45.4 Å². The van der Waals surface area contributed by atoms with Crippen LogP contribution in [0.2, 0.25) is 0 Å². The number of amides is 1. The Bertz CT molecular complexity index is 1120. The molecule has 0 aliphatic carbocycles. The van der Waals surface area contributed by atoms with Crippen molar-refractivity contribution in [3.05, 3.63) is 65.4 Å². The van der Waals surface area contributed by atoms with Gasteiger partial charge in [0.1, 0.15) is 0 Å². The van der Waals surface area contributed by atoms with Crippen molar-refractivity contribution < 1.29 is 14.7 Å². The summed E-state index contributed by atoms with van der Waals surface area (Å²) in [5.74, 6) is -0.408. The molecule has 190 valence electrons. The lowest BCUT2D eigenvalue weighted by molar-refractivity contribution is -0.152. The van der Waals surface area contributed by atoms with E-state index in [9.17, 15) is 14.7 Å². The van der Waals surface area contributed by atoms with Gasteiger partial charge in [-0.3, -0.25) is 19.1 Å². The number of piperidine rings is 1. The summed E-state index contributed by atoms with van der Waals surface area (Å²) in [6.45, 7) is 3.96. The van der Waals surface area contributed by atoms with Crippen molar-refractivity contribution >= 4 is 45.1 Å². The van der Waals surface area contributed by atoms with Crippen molar-refractivity contribution in [3.63, 3.8) is 0 Å². The highest BCUT2D eigenvalue weighted by molar-refractivity contribution is 9.10. The molecule has 1 aliphatic heterocycles. The average Bonchev–Trinajstić information content (AvgIpc) is 3.26. The third-order valence-electron chi connectivity index (χ3n) is 6.90. The first-order valence-electron chi connectivity index (χ1n) is 12.5. The molecule has 4 rings (SSSR count). The second kappa shape index (κ2) is 11.7. The van der Waals surface area contributed by atoms with Crippen LogP contribution in [-0.2, 0) is 16.1 Å². The molecule has 1 N–H and O–H groups in total. The Kier molecular flexibility index (Phi) is 8.40. The second-order valence-corrected chi connectivity index (χ2v) is 9.99. The third kappa shape index (κ3) is 5.61. The number of carboxylic acids is 1. The second-order valence-electron chi connectivity index (χ2n) is 9.28. The highest BCUT2D eigenvalue weighted by Crippen LogP contribution is 2.39. The SMILES string of the molecule is CCCCCn1c(Br)nnc1N1CCC(CC(=O)N(c2ccccc2)c2ccccc2)(C(=O)O)CC1. The fraction of sp³-hybridized carbons (Fsp3) is 0.407. The predicted octanol–water partition coefficient (Wildman–Crippen LogP) is 5.66. The number of para-hydroxylation sites is 2. The van der Waals surface area contributed by atoms with Gasteiger partial charge in [0, 0.05) is 37.4 Å². The van der Waals surface area contributed by atoms with Crippen molar-refractivity contribution in [2.24, 2.45) is 5.41 Å². The Balaban J connectivity index is 1.53. The van der Waals surface area contributed by atoms with E-state index in [0.29, 0.717) is 30.7 Å². The van der Waals surface area contributed by atoms with Gasteiger partial charge in [0.05, 0.1) is 5.41 Å². The van der Waals surface area contributed by atoms with Crippen LogP contribution in [0.5, 0.6) is 0 Å². The Morgan fingerprint density at radius 2 is 1.56 bits per heavy atom. The standard InChI is InChI=1S/C27H32BrN5O3/c1-2-3-10-17-32-25(28)29-30-26(32)31-18-15-27(16-19-31,24(35)36)20-23(34)33(21-11-6-4-7-12-21)22-13-8-5-9-14-22/h4-9,11-14H,2-3,10,15-20H2,1H3,(H,35,36). The molecule has 1 aromatic heterocycles. The van der Waals surface area contributed by atoms with Gasteiger partial charge in [0.25, 0.3) is 0 Å². The molecule has 0 radical (unpaired) electrons. The zero-order valence-corrected chi connectivity index (χ0v) is 22.1. The molecular formula is C27H32BrN5O3. The number of unbranched alkanes of at least 4 members (excludes halogenated alkanes) is 2. The molecule has 1 aliphatic rings. The Morgan fingerprint density at radius 1 is 0.972 bits per heavy atom. The summed E-state index contributed by atoms with van der Waals surface area (Å²) in [5.41, 5.74) is 0.299. The number of nitrogens with zero attached hydrogens (tertiary/aromatic N) is 5. The fourth-order valence-electron chi connectivity index (χ4n) is 4.78. The van der Waals surface area contributed by atoms with Gasteiger partial charge in [-0.15, -0.1) is 10.2 Å². The number of carboxylic acid groups (broad SMARTS) is 1. The molecule has 36 heavy (non-hydrogen) atoms. The van der Waals surface area contributed by atoms with Crippen LogP contribution in [-0.4, -0.2) is 44.8 Å².